The highest BCUT2D eigenvalue weighted by Gasteiger charge is 2.20. The van der Waals surface area contributed by atoms with Crippen LogP contribution in [0, 0.1) is 12.3 Å². The van der Waals surface area contributed by atoms with E-state index < -0.39 is 0 Å². The summed E-state index contributed by atoms with van der Waals surface area (Å²) in [7, 11) is 0. The Labute approximate surface area is 225 Å². The van der Waals surface area contributed by atoms with Crippen molar-refractivity contribution >= 4 is 50.8 Å². The SMILES string of the molecule is CC(=O)Nc1ccc(Cl)cc1C1C=CC(n2c(=N)n(Cc3cccc4[nH]ccc34)c3ccc(C)cc32)=CC1. The van der Waals surface area contributed by atoms with Crippen molar-refractivity contribution < 1.29 is 4.79 Å². The van der Waals surface area contributed by atoms with E-state index >= 15 is 0 Å². The van der Waals surface area contributed by atoms with Gasteiger partial charge in [0.2, 0.25) is 11.5 Å². The van der Waals surface area contributed by atoms with Crippen molar-refractivity contribution in [2.75, 3.05) is 5.32 Å². The van der Waals surface area contributed by atoms with Crippen LogP contribution in [-0.2, 0) is 11.3 Å². The van der Waals surface area contributed by atoms with Gasteiger partial charge in [0.15, 0.2) is 0 Å². The van der Waals surface area contributed by atoms with Gasteiger partial charge in [-0.15, -0.1) is 0 Å². The predicted molar refractivity (Wildman–Crippen MR) is 154 cm³/mol. The average Bonchev–Trinajstić information content (AvgIpc) is 3.48. The molecule has 1 unspecified atom stereocenters. The number of allylic oxidation sites excluding steroid dienone is 4. The van der Waals surface area contributed by atoms with E-state index in [-0.39, 0.29) is 11.8 Å². The first-order chi connectivity index (χ1) is 18.4. The molecular formula is C31H28ClN5O. The van der Waals surface area contributed by atoms with Gasteiger partial charge in [-0.05, 0) is 78.6 Å². The van der Waals surface area contributed by atoms with Crippen LogP contribution in [0.5, 0.6) is 0 Å². The number of halogens is 1. The molecule has 0 aliphatic heterocycles. The van der Waals surface area contributed by atoms with Gasteiger partial charge in [-0.25, -0.2) is 0 Å². The molecule has 1 atom stereocenters. The second kappa shape index (κ2) is 9.54. The molecule has 0 radical (unpaired) electrons. The number of anilines is 1. The molecule has 38 heavy (non-hydrogen) atoms. The summed E-state index contributed by atoms with van der Waals surface area (Å²) in [5.41, 5.74) is 8.58. The van der Waals surface area contributed by atoms with Crippen LogP contribution in [0.15, 0.2) is 85.1 Å². The topological polar surface area (TPSA) is 78.6 Å². The number of rotatable bonds is 5. The molecule has 6 nitrogen and oxygen atoms in total. The Hall–Kier alpha value is -4.29. The molecule has 0 saturated carbocycles. The predicted octanol–water partition coefficient (Wildman–Crippen LogP) is 6.96. The number of aromatic amines is 1. The molecule has 3 N–H and O–H groups in total. The highest BCUT2D eigenvalue weighted by molar-refractivity contribution is 6.30. The van der Waals surface area contributed by atoms with Crippen molar-refractivity contribution in [2.45, 2.75) is 32.7 Å². The zero-order valence-electron chi connectivity index (χ0n) is 21.3. The summed E-state index contributed by atoms with van der Waals surface area (Å²) in [4.78, 5) is 15.0. The van der Waals surface area contributed by atoms with E-state index in [2.05, 4.69) is 82.5 Å². The van der Waals surface area contributed by atoms with Crippen LogP contribution in [0.3, 0.4) is 0 Å². The van der Waals surface area contributed by atoms with Crippen molar-refractivity contribution in [3.63, 3.8) is 0 Å². The Morgan fingerprint density at radius 2 is 2.00 bits per heavy atom. The van der Waals surface area contributed by atoms with E-state index in [1.54, 1.807) is 6.07 Å². The average molecular weight is 522 g/mol. The number of benzene rings is 3. The van der Waals surface area contributed by atoms with Gasteiger partial charge in [0.25, 0.3) is 0 Å². The van der Waals surface area contributed by atoms with E-state index in [9.17, 15) is 10.2 Å². The third-order valence-electron chi connectivity index (χ3n) is 7.21. The lowest BCUT2D eigenvalue weighted by Crippen LogP contribution is -2.25. The van der Waals surface area contributed by atoms with E-state index in [1.165, 1.54) is 17.9 Å². The highest BCUT2D eigenvalue weighted by Crippen LogP contribution is 2.35. The molecule has 1 aliphatic carbocycles. The van der Waals surface area contributed by atoms with Crippen molar-refractivity contribution in [3.8, 4) is 0 Å². The molecule has 1 amide bonds. The quantitative estimate of drug-likeness (QED) is 0.230. The van der Waals surface area contributed by atoms with E-state index in [0.717, 1.165) is 45.5 Å². The third kappa shape index (κ3) is 4.27. The van der Waals surface area contributed by atoms with Crippen LogP contribution in [0.4, 0.5) is 5.69 Å². The molecule has 0 bridgehead atoms. The molecule has 1 aliphatic rings. The van der Waals surface area contributed by atoms with Crippen LogP contribution in [0.25, 0.3) is 27.6 Å². The molecular weight excluding hydrogens is 494 g/mol. The van der Waals surface area contributed by atoms with Crippen molar-refractivity contribution in [1.82, 2.24) is 14.1 Å². The number of carbonyl (C=O) groups is 1. The summed E-state index contributed by atoms with van der Waals surface area (Å²) >= 11 is 6.31. The summed E-state index contributed by atoms with van der Waals surface area (Å²) < 4.78 is 4.10. The zero-order chi connectivity index (χ0) is 26.4. The second-order valence-corrected chi connectivity index (χ2v) is 10.3. The molecule has 2 aromatic heterocycles. The number of nitrogens with zero attached hydrogens (tertiary/aromatic N) is 2. The summed E-state index contributed by atoms with van der Waals surface area (Å²) in [5, 5.41) is 14.0. The third-order valence-corrected chi connectivity index (χ3v) is 7.44. The Morgan fingerprint density at radius 1 is 1.13 bits per heavy atom. The molecule has 3 aromatic carbocycles. The zero-order valence-corrected chi connectivity index (χ0v) is 22.0. The monoisotopic (exact) mass is 521 g/mol. The van der Waals surface area contributed by atoms with Gasteiger partial charge in [0.05, 0.1) is 17.6 Å². The molecule has 6 rings (SSSR count). The van der Waals surface area contributed by atoms with Gasteiger partial charge in [0.1, 0.15) is 0 Å². The highest BCUT2D eigenvalue weighted by atomic mass is 35.5. The maximum atomic E-state index is 11.7. The number of imidazole rings is 1. The molecule has 0 spiro atoms. The molecule has 7 heteroatoms. The van der Waals surface area contributed by atoms with Crippen LogP contribution in [-0.4, -0.2) is 20.0 Å². The van der Waals surface area contributed by atoms with Crippen LogP contribution in [0.2, 0.25) is 5.02 Å². The summed E-state index contributed by atoms with van der Waals surface area (Å²) in [5.74, 6) is -0.0483. The lowest BCUT2D eigenvalue weighted by molar-refractivity contribution is -0.114. The summed E-state index contributed by atoms with van der Waals surface area (Å²) in [6.07, 6.45) is 9.06. The van der Waals surface area contributed by atoms with E-state index in [1.807, 2.05) is 22.9 Å². The number of hydrogen-bond acceptors (Lipinski definition) is 2. The first kappa shape index (κ1) is 24.1. The van der Waals surface area contributed by atoms with Gasteiger partial charge in [-0.1, -0.05) is 42.0 Å². The Kier molecular flexibility index (Phi) is 6.04. The fourth-order valence-corrected chi connectivity index (χ4v) is 5.60. The fourth-order valence-electron chi connectivity index (χ4n) is 5.42. The number of nitrogens with one attached hydrogen (secondary N) is 3. The molecule has 5 aromatic rings. The van der Waals surface area contributed by atoms with Crippen LogP contribution >= 0.6 is 11.6 Å². The van der Waals surface area contributed by atoms with E-state index in [0.29, 0.717) is 17.2 Å². The standard InChI is InChI=1S/C31H28ClN5O/c1-19-6-13-29-30(16-19)37(31(33)36(29)18-22-4-3-5-27-25(22)14-15-34-27)24-10-7-21(8-11-24)26-17-23(32)9-12-28(26)35-20(2)38/h3-7,9-17,21,33-34H,8,18H2,1-2H3,(H,35,38). The van der Waals surface area contributed by atoms with Crippen molar-refractivity contribution in [1.29, 1.82) is 5.41 Å². The van der Waals surface area contributed by atoms with Crippen molar-refractivity contribution in [3.05, 3.63) is 112 Å². The maximum absolute atomic E-state index is 11.7. The first-order valence-corrected chi connectivity index (χ1v) is 13.0. The Balaban J connectivity index is 1.40. The largest absolute Gasteiger partial charge is 0.361 e. The lowest BCUT2D eigenvalue weighted by atomic mass is 9.90. The first-order valence-electron chi connectivity index (χ1n) is 12.7. The molecule has 0 fully saturated rings. The van der Waals surface area contributed by atoms with Gasteiger partial charge < -0.3 is 14.9 Å². The number of hydrogen-bond donors (Lipinski definition) is 3. The van der Waals surface area contributed by atoms with Gasteiger partial charge in [-0.2, -0.15) is 0 Å². The number of aromatic nitrogens is 3. The summed E-state index contributed by atoms with van der Waals surface area (Å²) in [6.45, 7) is 4.19. The second-order valence-electron chi connectivity index (χ2n) is 9.84. The molecule has 190 valence electrons. The number of H-pyrrole nitrogens is 1. The minimum absolute atomic E-state index is 0.0652. The number of aryl methyl sites for hydroxylation is 1. The van der Waals surface area contributed by atoms with Crippen LogP contribution in [0.1, 0.15) is 36.0 Å². The number of amides is 1. The van der Waals surface area contributed by atoms with Gasteiger partial charge in [-0.3, -0.25) is 14.8 Å². The van der Waals surface area contributed by atoms with Crippen molar-refractivity contribution in [2.24, 2.45) is 0 Å². The van der Waals surface area contributed by atoms with E-state index in [4.69, 9.17) is 11.6 Å². The fraction of sp³-hybridized carbons (Fsp3) is 0.161. The normalized spacial score (nSPS) is 15.2. The lowest BCUT2D eigenvalue weighted by Gasteiger charge is -2.21. The minimum Gasteiger partial charge on any atom is -0.361 e. The van der Waals surface area contributed by atoms with Gasteiger partial charge in [0, 0.05) is 46.3 Å². The summed E-state index contributed by atoms with van der Waals surface area (Å²) in [6, 6.07) is 20.3. The minimum atomic E-state index is -0.113. The number of fused-ring (bicyclic) bond motifs is 2. The molecule has 2 heterocycles. The smallest absolute Gasteiger partial charge is 0.221 e. The molecule has 0 saturated heterocycles. The Bertz CT molecular complexity index is 1830. The maximum Gasteiger partial charge on any atom is 0.221 e. The Morgan fingerprint density at radius 3 is 2.79 bits per heavy atom. The van der Waals surface area contributed by atoms with Gasteiger partial charge >= 0.3 is 0 Å². The van der Waals surface area contributed by atoms with Crippen LogP contribution < -0.4 is 10.9 Å². The number of carbonyl (C=O) groups excluding carboxylic acids is 1.